The lowest BCUT2D eigenvalue weighted by Crippen LogP contribution is -1.99. The lowest BCUT2D eigenvalue weighted by Gasteiger charge is -2.15. The zero-order valence-electron chi connectivity index (χ0n) is 22.3. The second kappa shape index (κ2) is 8.41. The Morgan fingerprint density at radius 3 is 2.38 bits per heavy atom. The van der Waals surface area contributed by atoms with Gasteiger partial charge in [-0.15, -0.1) is 0 Å². The van der Waals surface area contributed by atoms with Crippen molar-refractivity contribution in [3.8, 4) is 17.2 Å². The van der Waals surface area contributed by atoms with E-state index in [1.807, 2.05) is 36.4 Å². The van der Waals surface area contributed by atoms with E-state index >= 15 is 0 Å². The van der Waals surface area contributed by atoms with Gasteiger partial charge in [-0.05, 0) is 90.7 Å². The largest absolute Gasteiger partial charge is 0.456 e. The van der Waals surface area contributed by atoms with Gasteiger partial charge < -0.3 is 9.15 Å². The van der Waals surface area contributed by atoms with Crippen molar-refractivity contribution < 1.29 is 9.15 Å². The first-order valence-electron chi connectivity index (χ1n) is 13.4. The summed E-state index contributed by atoms with van der Waals surface area (Å²) in [5.74, 6) is 1.37. The summed E-state index contributed by atoms with van der Waals surface area (Å²) in [5.41, 5.74) is 9.16. The molecule has 0 unspecified atom stereocenters. The van der Waals surface area contributed by atoms with Gasteiger partial charge in [0.05, 0.1) is 22.1 Å². The molecule has 8 rings (SSSR count). The molecule has 0 radical (unpaired) electrons. The van der Waals surface area contributed by atoms with Crippen LogP contribution in [0, 0.1) is 20.8 Å². The minimum Gasteiger partial charge on any atom is -0.456 e. The number of imidazole rings is 1. The molecule has 0 aliphatic heterocycles. The maximum atomic E-state index is 7.17. The van der Waals surface area contributed by atoms with E-state index in [0.29, 0.717) is 10.8 Å². The van der Waals surface area contributed by atoms with Gasteiger partial charge in [0.25, 0.3) is 0 Å². The Balaban J connectivity index is 1.50. The van der Waals surface area contributed by atoms with Crippen LogP contribution in [0.2, 0.25) is 5.02 Å². The Kier molecular flexibility index (Phi) is 4.89. The van der Waals surface area contributed by atoms with Crippen LogP contribution in [-0.4, -0.2) is 8.97 Å². The Hall–Kier alpha value is -4.67. The molecule has 0 atom stereocenters. The average Bonchev–Trinajstić information content (AvgIpc) is 3.58. The number of nitrogens with zero attached hydrogens (tertiary/aromatic N) is 2. The van der Waals surface area contributed by atoms with Crippen LogP contribution in [-0.2, 0) is 0 Å². The molecule has 5 heteroatoms. The number of aryl methyl sites for hydroxylation is 3. The number of fused-ring (bicyclic) bond motifs is 9. The standard InChI is InChI=1S/C35H25ClN2O2/c1-20-15-22(3)34-28(17-20)38-31(19-26-32-25-12-8-7-9-23(25)13-14-29(32)40-35(26)38)37(34)27-16-21(2)18-30(33(27)36)39-24-10-5-4-6-11-24/h4-19H,1-3H3. The summed E-state index contributed by atoms with van der Waals surface area (Å²) in [4.78, 5) is 0. The number of para-hydroxylation sites is 1. The quantitative estimate of drug-likeness (QED) is 0.223. The fourth-order valence-electron chi connectivity index (χ4n) is 6.20. The van der Waals surface area contributed by atoms with Crippen LogP contribution in [0.4, 0.5) is 0 Å². The third-order valence-electron chi connectivity index (χ3n) is 7.80. The van der Waals surface area contributed by atoms with Crippen LogP contribution in [0.15, 0.2) is 101 Å². The van der Waals surface area contributed by atoms with Crippen LogP contribution < -0.4 is 4.74 Å². The minimum absolute atomic E-state index is 0.557. The highest BCUT2D eigenvalue weighted by atomic mass is 35.5. The van der Waals surface area contributed by atoms with Crippen molar-refractivity contribution in [2.24, 2.45) is 0 Å². The van der Waals surface area contributed by atoms with Crippen molar-refractivity contribution in [3.63, 3.8) is 0 Å². The van der Waals surface area contributed by atoms with E-state index in [9.17, 15) is 0 Å². The van der Waals surface area contributed by atoms with Gasteiger partial charge in [-0.2, -0.15) is 0 Å². The van der Waals surface area contributed by atoms with Crippen LogP contribution in [0.5, 0.6) is 11.5 Å². The topological polar surface area (TPSA) is 31.7 Å². The fraction of sp³-hybridized carbons (Fsp3) is 0.0857. The molecule has 8 aromatic rings. The second-order valence-electron chi connectivity index (χ2n) is 10.6. The molecule has 0 spiro atoms. The van der Waals surface area contributed by atoms with E-state index in [0.717, 1.165) is 61.3 Å². The molecule has 194 valence electrons. The normalized spacial score (nSPS) is 12.0. The molecular formula is C35H25ClN2O2. The molecule has 40 heavy (non-hydrogen) atoms. The molecule has 0 bridgehead atoms. The highest BCUT2D eigenvalue weighted by Gasteiger charge is 2.24. The van der Waals surface area contributed by atoms with Crippen LogP contribution in [0.25, 0.3) is 55.2 Å². The van der Waals surface area contributed by atoms with Crippen molar-refractivity contribution in [3.05, 3.63) is 119 Å². The van der Waals surface area contributed by atoms with Crippen LogP contribution in [0.1, 0.15) is 16.7 Å². The zero-order chi connectivity index (χ0) is 27.1. The monoisotopic (exact) mass is 540 g/mol. The summed E-state index contributed by atoms with van der Waals surface area (Å²) < 4.78 is 17.4. The van der Waals surface area contributed by atoms with Crippen LogP contribution in [0.3, 0.4) is 0 Å². The Labute approximate surface area is 235 Å². The number of benzene rings is 5. The predicted octanol–water partition coefficient (Wildman–Crippen LogP) is 10.3. The number of hydrogen-bond acceptors (Lipinski definition) is 2. The molecular weight excluding hydrogens is 516 g/mol. The number of halogens is 1. The molecule has 0 saturated heterocycles. The van der Waals surface area contributed by atoms with Gasteiger partial charge in [0.1, 0.15) is 27.8 Å². The fourth-order valence-corrected chi connectivity index (χ4v) is 6.43. The maximum Gasteiger partial charge on any atom is 0.214 e. The van der Waals surface area contributed by atoms with Gasteiger partial charge >= 0.3 is 0 Å². The number of furan rings is 1. The summed E-state index contributed by atoms with van der Waals surface area (Å²) in [6, 6.07) is 33.2. The first-order valence-corrected chi connectivity index (χ1v) is 13.8. The third-order valence-corrected chi connectivity index (χ3v) is 8.18. The van der Waals surface area contributed by atoms with Crippen molar-refractivity contribution in [1.29, 1.82) is 0 Å². The van der Waals surface area contributed by atoms with Crippen molar-refractivity contribution in [1.82, 2.24) is 8.97 Å². The van der Waals surface area contributed by atoms with Crippen LogP contribution >= 0.6 is 11.6 Å². The Morgan fingerprint density at radius 2 is 1.52 bits per heavy atom. The third kappa shape index (κ3) is 3.26. The minimum atomic E-state index is 0.557. The summed E-state index contributed by atoms with van der Waals surface area (Å²) >= 11 is 7.17. The lowest BCUT2D eigenvalue weighted by atomic mass is 10.1. The van der Waals surface area contributed by atoms with Gasteiger partial charge in [-0.25, -0.2) is 0 Å². The van der Waals surface area contributed by atoms with E-state index in [-0.39, 0.29) is 0 Å². The molecule has 0 aliphatic rings. The smallest absolute Gasteiger partial charge is 0.214 e. The molecule has 3 heterocycles. The molecule has 0 N–H and O–H groups in total. The summed E-state index contributed by atoms with van der Waals surface area (Å²) in [6.45, 7) is 6.36. The van der Waals surface area contributed by atoms with E-state index in [4.69, 9.17) is 20.8 Å². The number of aromatic nitrogens is 2. The van der Waals surface area contributed by atoms with Gasteiger partial charge in [0.15, 0.2) is 0 Å². The molecule has 3 aromatic heterocycles. The SMILES string of the molecule is Cc1cc(Oc2ccccc2)c(Cl)c(-n2c3c(C)cc(C)cc3n3c4oc5ccc6ccccc6c5c4cc23)c1. The summed E-state index contributed by atoms with van der Waals surface area (Å²) in [6.07, 6.45) is 0. The Bertz CT molecular complexity index is 2290. The van der Waals surface area contributed by atoms with E-state index in [2.05, 4.69) is 90.4 Å². The highest BCUT2D eigenvalue weighted by Crippen LogP contribution is 2.43. The van der Waals surface area contributed by atoms with Gasteiger partial charge in [0, 0.05) is 5.39 Å². The molecule has 0 amide bonds. The van der Waals surface area contributed by atoms with Crippen molar-refractivity contribution in [2.75, 3.05) is 0 Å². The Morgan fingerprint density at radius 1 is 0.750 bits per heavy atom. The average molecular weight is 541 g/mol. The van der Waals surface area contributed by atoms with E-state index in [1.54, 1.807) is 0 Å². The molecule has 0 saturated carbocycles. The number of rotatable bonds is 3. The molecule has 4 nitrogen and oxygen atoms in total. The first-order chi connectivity index (χ1) is 19.5. The molecule has 0 aliphatic carbocycles. The number of hydrogen-bond donors (Lipinski definition) is 0. The van der Waals surface area contributed by atoms with E-state index in [1.165, 1.54) is 16.3 Å². The van der Waals surface area contributed by atoms with Crippen molar-refractivity contribution >= 4 is 61.1 Å². The second-order valence-corrected chi connectivity index (χ2v) is 11.0. The maximum absolute atomic E-state index is 7.17. The number of ether oxygens (including phenoxy) is 1. The lowest BCUT2D eigenvalue weighted by molar-refractivity contribution is 0.482. The van der Waals surface area contributed by atoms with Gasteiger partial charge in [-0.3, -0.25) is 8.97 Å². The van der Waals surface area contributed by atoms with E-state index < -0.39 is 0 Å². The van der Waals surface area contributed by atoms with Gasteiger partial charge in [-0.1, -0.05) is 66.2 Å². The molecule has 0 fully saturated rings. The predicted molar refractivity (Wildman–Crippen MR) is 165 cm³/mol. The van der Waals surface area contributed by atoms with Crippen molar-refractivity contribution in [2.45, 2.75) is 20.8 Å². The van der Waals surface area contributed by atoms with Gasteiger partial charge in [0.2, 0.25) is 5.71 Å². The summed E-state index contributed by atoms with van der Waals surface area (Å²) in [5, 5.41) is 5.15. The summed E-state index contributed by atoms with van der Waals surface area (Å²) in [7, 11) is 0. The molecule has 5 aromatic carbocycles. The zero-order valence-corrected chi connectivity index (χ0v) is 23.1. The first kappa shape index (κ1) is 23.2. The highest BCUT2D eigenvalue weighted by molar-refractivity contribution is 6.34.